The molecule has 3 nitrogen and oxygen atoms in total. The van der Waals surface area contributed by atoms with E-state index >= 15 is 0 Å². The molecule has 1 aromatic carbocycles. The summed E-state index contributed by atoms with van der Waals surface area (Å²) in [6, 6.07) is 3.51. The van der Waals surface area contributed by atoms with Crippen molar-refractivity contribution >= 4 is 23.1 Å². The zero-order valence-corrected chi connectivity index (χ0v) is 10.8. The van der Waals surface area contributed by atoms with Gasteiger partial charge in [0.15, 0.2) is 0 Å². The third-order valence-corrected chi connectivity index (χ3v) is 2.55. The van der Waals surface area contributed by atoms with E-state index in [0.717, 1.165) is 6.07 Å². The van der Waals surface area contributed by atoms with Gasteiger partial charge in [-0.15, -0.1) is 0 Å². The molecule has 0 unspecified atom stereocenters. The van der Waals surface area contributed by atoms with Crippen molar-refractivity contribution in [2.24, 2.45) is 0 Å². The van der Waals surface area contributed by atoms with Gasteiger partial charge >= 0.3 is 6.18 Å². The number of aromatic nitrogens is 2. The molecule has 0 aliphatic heterocycles. The average Bonchev–Trinajstić information content (AvgIpc) is 2.29. The monoisotopic (exact) mass is 305 g/mol. The molecule has 2 rings (SSSR count). The average molecular weight is 306 g/mol. The molecule has 0 bridgehead atoms. The first-order chi connectivity index (χ1) is 9.25. The standard InChI is InChI=1S/C12H8ClF4N3/c1-6-4-10(20-11(13)18-6)19-9-5-7(12(15,16)17)2-3-8(9)14/h2-5H,1H3,(H,18,19,20). The van der Waals surface area contributed by atoms with Crippen LogP contribution in [0.5, 0.6) is 0 Å². The summed E-state index contributed by atoms with van der Waals surface area (Å²) < 4.78 is 51.2. The fourth-order valence-corrected chi connectivity index (χ4v) is 1.76. The molecule has 0 saturated heterocycles. The van der Waals surface area contributed by atoms with Gasteiger partial charge in [-0.05, 0) is 36.7 Å². The number of hydrogen-bond donors (Lipinski definition) is 1. The van der Waals surface area contributed by atoms with E-state index in [9.17, 15) is 17.6 Å². The van der Waals surface area contributed by atoms with Crippen LogP contribution in [0.4, 0.5) is 29.1 Å². The summed E-state index contributed by atoms with van der Waals surface area (Å²) >= 11 is 5.62. The topological polar surface area (TPSA) is 37.8 Å². The minimum absolute atomic E-state index is 0.0834. The van der Waals surface area contributed by atoms with Crippen LogP contribution < -0.4 is 5.32 Å². The SMILES string of the molecule is Cc1cc(Nc2cc(C(F)(F)F)ccc2F)nc(Cl)n1. The lowest BCUT2D eigenvalue weighted by Crippen LogP contribution is -2.07. The van der Waals surface area contributed by atoms with Gasteiger partial charge < -0.3 is 5.32 Å². The zero-order valence-electron chi connectivity index (χ0n) is 10.1. The Balaban J connectivity index is 2.37. The normalized spacial score (nSPS) is 11.5. The first-order valence-corrected chi connectivity index (χ1v) is 5.78. The predicted octanol–water partition coefficient (Wildman–Crippen LogP) is 4.34. The Labute approximate surface area is 116 Å². The van der Waals surface area contributed by atoms with Gasteiger partial charge in [-0.3, -0.25) is 0 Å². The highest BCUT2D eigenvalue weighted by Crippen LogP contribution is 2.32. The number of rotatable bonds is 2. The molecule has 8 heteroatoms. The quantitative estimate of drug-likeness (QED) is 0.662. The minimum atomic E-state index is -4.55. The van der Waals surface area contributed by atoms with E-state index in [0.29, 0.717) is 17.8 Å². The van der Waals surface area contributed by atoms with E-state index in [1.54, 1.807) is 6.92 Å². The van der Waals surface area contributed by atoms with Crippen LogP contribution in [0.3, 0.4) is 0 Å². The Morgan fingerprint density at radius 2 is 1.85 bits per heavy atom. The van der Waals surface area contributed by atoms with Crippen molar-refractivity contribution in [1.82, 2.24) is 9.97 Å². The Hall–Kier alpha value is -1.89. The van der Waals surface area contributed by atoms with Crippen molar-refractivity contribution in [1.29, 1.82) is 0 Å². The van der Waals surface area contributed by atoms with E-state index in [4.69, 9.17) is 11.6 Å². The lowest BCUT2D eigenvalue weighted by Gasteiger charge is -2.11. The van der Waals surface area contributed by atoms with Crippen molar-refractivity contribution < 1.29 is 17.6 Å². The van der Waals surface area contributed by atoms with E-state index in [2.05, 4.69) is 15.3 Å². The number of hydrogen-bond acceptors (Lipinski definition) is 3. The predicted molar refractivity (Wildman–Crippen MR) is 66.5 cm³/mol. The maximum absolute atomic E-state index is 13.5. The third-order valence-electron chi connectivity index (χ3n) is 2.38. The molecule has 0 atom stereocenters. The van der Waals surface area contributed by atoms with Gasteiger partial charge in [-0.25, -0.2) is 14.4 Å². The zero-order chi connectivity index (χ0) is 14.9. The van der Waals surface area contributed by atoms with Crippen molar-refractivity contribution in [2.75, 3.05) is 5.32 Å². The van der Waals surface area contributed by atoms with Gasteiger partial charge in [0.1, 0.15) is 11.6 Å². The van der Waals surface area contributed by atoms with Crippen molar-refractivity contribution in [3.63, 3.8) is 0 Å². The van der Waals surface area contributed by atoms with Crippen LogP contribution in [0.15, 0.2) is 24.3 Å². The lowest BCUT2D eigenvalue weighted by atomic mass is 10.2. The highest BCUT2D eigenvalue weighted by Gasteiger charge is 2.31. The Bertz CT molecular complexity index is 623. The largest absolute Gasteiger partial charge is 0.416 e. The van der Waals surface area contributed by atoms with Crippen LogP contribution in [0.2, 0.25) is 5.28 Å². The van der Waals surface area contributed by atoms with Crippen LogP contribution in [0, 0.1) is 12.7 Å². The van der Waals surface area contributed by atoms with Crippen LogP contribution in [0.25, 0.3) is 0 Å². The van der Waals surface area contributed by atoms with Crippen LogP contribution >= 0.6 is 11.6 Å². The first-order valence-electron chi connectivity index (χ1n) is 5.40. The van der Waals surface area contributed by atoms with Gasteiger partial charge in [-0.1, -0.05) is 0 Å². The van der Waals surface area contributed by atoms with Crippen molar-refractivity contribution in [3.05, 3.63) is 46.6 Å². The van der Waals surface area contributed by atoms with Gasteiger partial charge in [0.05, 0.1) is 11.3 Å². The maximum atomic E-state index is 13.5. The summed E-state index contributed by atoms with van der Waals surface area (Å²) in [5.41, 5.74) is -0.799. The summed E-state index contributed by atoms with van der Waals surface area (Å²) in [5, 5.41) is 2.37. The second kappa shape index (κ2) is 5.24. The van der Waals surface area contributed by atoms with E-state index < -0.39 is 17.6 Å². The van der Waals surface area contributed by atoms with Crippen LogP contribution in [-0.2, 0) is 6.18 Å². The van der Waals surface area contributed by atoms with E-state index in [-0.39, 0.29) is 16.8 Å². The molecule has 1 N–H and O–H groups in total. The van der Waals surface area contributed by atoms with Gasteiger partial charge in [0.25, 0.3) is 0 Å². The number of aryl methyl sites for hydroxylation is 1. The highest BCUT2D eigenvalue weighted by atomic mass is 35.5. The molecule has 0 aliphatic rings. The van der Waals surface area contributed by atoms with Gasteiger partial charge in [0.2, 0.25) is 5.28 Å². The van der Waals surface area contributed by atoms with E-state index in [1.807, 2.05) is 0 Å². The third kappa shape index (κ3) is 3.36. The molecule has 0 aliphatic carbocycles. The Kier molecular flexibility index (Phi) is 3.80. The molecule has 0 spiro atoms. The summed E-state index contributed by atoms with van der Waals surface area (Å²) in [6.45, 7) is 1.63. The lowest BCUT2D eigenvalue weighted by molar-refractivity contribution is -0.137. The van der Waals surface area contributed by atoms with Crippen molar-refractivity contribution in [3.8, 4) is 0 Å². The van der Waals surface area contributed by atoms with Gasteiger partial charge in [0, 0.05) is 11.8 Å². The molecule has 0 saturated carbocycles. The molecule has 0 amide bonds. The Morgan fingerprint density at radius 3 is 2.45 bits per heavy atom. The molecule has 1 heterocycles. The number of alkyl halides is 3. The summed E-state index contributed by atoms with van der Waals surface area (Å²) in [5.74, 6) is -0.717. The fraction of sp³-hybridized carbons (Fsp3) is 0.167. The Morgan fingerprint density at radius 1 is 1.15 bits per heavy atom. The molecule has 106 valence electrons. The second-order valence-electron chi connectivity index (χ2n) is 3.98. The second-order valence-corrected chi connectivity index (χ2v) is 4.32. The van der Waals surface area contributed by atoms with Crippen molar-refractivity contribution in [2.45, 2.75) is 13.1 Å². The van der Waals surface area contributed by atoms with Gasteiger partial charge in [-0.2, -0.15) is 13.2 Å². The van der Waals surface area contributed by atoms with Crippen LogP contribution in [-0.4, -0.2) is 9.97 Å². The molecule has 1 aromatic heterocycles. The van der Waals surface area contributed by atoms with E-state index in [1.165, 1.54) is 6.07 Å². The molecule has 20 heavy (non-hydrogen) atoms. The number of halogens is 5. The number of nitrogens with one attached hydrogen (secondary N) is 1. The summed E-state index contributed by atoms with van der Waals surface area (Å²) in [4.78, 5) is 7.55. The molecule has 2 aromatic rings. The molecular formula is C12H8ClF4N3. The summed E-state index contributed by atoms with van der Waals surface area (Å²) in [6.07, 6.45) is -4.55. The van der Waals surface area contributed by atoms with Crippen LogP contribution in [0.1, 0.15) is 11.3 Å². The smallest absolute Gasteiger partial charge is 0.338 e. The molecule has 0 fully saturated rings. The minimum Gasteiger partial charge on any atom is -0.338 e. The fourth-order valence-electron chi connectivity index (χ4n) is 1.53. The number of benzene rings is 1. The molecule has 0 radical (unpaired) electrons. The first kappa shape index (κ1) is 14.5. The highest BCUT2D eigenvalue weighted by molar-refractivity contribution is 6.28. The maximum Gasteiger partial charge on any atom is 0.416 e. The number of nitrogens with zero attached hydrogens (tertiary/aromatic N) is 2. The molecular weight excluding hydrogens is 298 g/mol. The number of anilines is 2. The summed E-state index contributed by atoms with van der Waals surface area (Å²) in [7, 11) is 0.